The van der Waals surface area contributed by atoms with Crippen molar-refractivity contribution in [3.05, 3.63) is 23.3 Å². The van der Waals surface area contributed by atoms with Crippen LogP contribution in [0.15, 0.2) is 12.1 Å². The van der Waals surface area contributed by atoms with Crippen LogP contribution >= 0.6 is 0 Å². The van der Waals surface area contributed by atoms with E-state index in [9.17, 15) is 5.11 Å². The van der Waals surface area contributed by atoms with Crippen molar-refractivity contribution in [2.75, 3.05) is 27.1 Å². The van der Waals surface area contributed by atoms with Crippen LogP contribution in [0.3, 0.4) is 0 Å². The van der Waals surface area contributed by atoms with Crippen molar-refractivity contribution in [3.8, 4) is 11.5 Å². The van der Waals surface area contributed by atoms with Crippen LogP contribution in [0.1, 0.15) is 56.2 Å². The molecule has 1 saturated heterocycles. The summed E-state index contributed by atoms with van der Waals surface area (Å²) >= 11 is 0. The van der Waals surface area contributed by atoms with Gasteiger partial charge < -0.3 is 14.6 Å². The van der Waals surface area contributed by atoms with E-state index in [1.807, 2.05) is 13.8 Å². The highest BCUT2D eigenvalue weighted by molar-refractivity contribution is 5.49. The summed E-state index contributed by atoms with van der Waals surface area (Å²) in [7, 11) is -1.55. The first kappa shape index (κ1) is 8.72. The summed E-state index contributed by atoms with van der Waals surface area (Å²) in [5, 5.41) is 10.8. The van der Waals surface area contributed by atoms with Crippen molar-refractivity contribution in [2.45, 2.75) is 45.2 Å². The molecule has 128 valence electrons. The Morgan fingerprint density at radius 3 is 2.87 bits per heavy atom. The lowest BCUT2D eigenvalue weighted by Crippen LogP contribution is -2.48. The number of hydrogen-bond donors (Lipinski definition) is 1. The zero-order chi connectivity index (χ0) is 24.4. The zero-order valence-electron chi connectivity index (χ0n) is 22.6. The van der Waals surface area contributed by atoms with Gasteiger partial charge >= 0.3 is 0 Å². The first-order valence-electron chi connectivity index (χ1n) is 12.3. The molecule has 23 heavy (non-hydrogen) atoms. The number of hydrogen-bond acceptors (Lipinski definition) is 4. The fraction of sp³-hybridized carbons (Fsp3) is 0.684. The molecule has 0 bridgehead atoms. The molecule has 4 heteroatoms. The lowest BCUT2D eigenvalue weighted by atomic mass is 9.79. The maximum absolute atomic E-state index is 10.8. The number of fused-ring (bicyclic) bond motifs is 3. The van der Waals surface area contributed by atoms with E-state index in [0.29, 0.717) is 6.42 Å². The predicted octanol–water partition coefficient (Wildman–Crippen LogP) is 3.03. The minimum Gasteiger partial charge on any atom is -0.493 e. The molecule has 1 aromatic carbocycles. The van der Waals surface area contributed by atoms with Crippen LogP contribution in [0.2, 0.25) is 0 Å². The number of piperidine rings is 1. The minimum absolute atomic E-state index is 0.00237. The van der Waals surface area contributed by atoms with Gasteiger partial charge in [0.25, 0.3) is 0 Å². The molecule has 4 nitrogen and oxygen atoms in total. The molecule has 2 heterocycles. The van der Waals surface area contributed by atoms with Crippen LogP contribution in [-0.2, 0) is 6.37 Å². The van der Waals surface area contributed by atoms with Gasteiger partial charge in [0.1, 0.15) is 0 Å². The number of ether oxygens (including phenoxy) is 2. The van der Waals surface area contributed by atoms with Crippen molar-refractivity contribution >= 4 is 0 Å². The Morgan fingerprint density at radius 2 is 2.17 bits per heavy atom. The topological polar surface area (TPSA) is 41.9 Å². The molecule has 0 spiro atoms. The summed E-state index contributed by atoms with van der Waals surface area (Å²) in [5.41, 5.74) is 0.0694. The number of nitrogens with zero attached hydrogens (tertiary/aromatic N) is 1. The molecular formula is C19H29NO3. The summed E-state index contributed by atoms with van der Waals surface area (Å²) in [4.78, 5) is 0.895. The van der Waals surface area contributed by atoms with Crippen LogP contribution in [-0.4, -0.2) is 43.3 Å². The van der Waals surface area contributed by atoms with Gasteiger partial charge in [0.2, 0.25) is 0 Å². The van der Waals surface area contributed by atoms with E-state index in [4.69, 9.17) is 21.8 Å². The first-order valence-corrected chi connectivity index (χ1v) is 7.84. The van der Waals surface area contributed by atoms with Gasteiger partial charge in [0, 0.05) is 27.3 Å². The second-order valence-corrected chi connectivity index (χ2v) is 6.48. The van der Waals surface area contributed by atoms with Crippen molar-refractivity contribution in [1.82, 2.24) is 4.90 Å². The lowest BCUT2D eigenvalue weighted by molar-refractivity contribution is -0.0191. The smallest absolute Gasteiger partial charge is 0.161 e. The van der Waals surface area contributed by atoms with E-state index < -0.39 is 44.5 Å². The highest BCUT2D eigenvalue weighted by Gasteiger charge is 2.38. The number of aliphatic hydroxyl groups is 1. The molecule has 0 aliphatic carbocycles. The van der Waals surface area contributed by atoms with Gasteiger partial charge in [-0.2, -0.15) is 0 Å². The normalized spacial score (nSPS) is 40.4. The quantitative estimate of drug-likeness (QED) is 0.922. The van der Waals surface area contributed by atoms with Crippen LogP contribution in [0.25, 0.3) is 0 Å². The maximum atomic E-state index is 10.8. The molecule has 2 aliphatic rings. The van der Waals surface area contributed by atoms with Crippen molar-refractivity contribution in [1.29, 1.82) is 0 Å². The van der Waals surface area contributed by atoms with E-state index in [0.717, 1.165) is 11.0 Å². The summed E-state index contributed by atoms with van der Waals surface area (Å²) in [6.07, 6.45) is -3.50. The van der Waals surface area contributed by atoms with E-state index in [1.165, 1.54) is 13.2 Å². The van der Waals surface area contributed by atoms with Gasteiger partial charge in [-0.1, -0.05) is 13.8 Å². The largest absolute Gasteiger partial charge is 0.493 e. The van der Waals surface area contributed by atoms with Crippen LogP contribution in [0.4, 0.5) is 0 Å². The Labute approximate surface area is 152 Å². The second kappa shape index (κ2) is 6.70. The number of aliphatic hydroxyl groups excluding tert-OH is 1. The summed E-state index contributed by atoms with van der Waals surface area (Å²) in [6.45, 7) is -1.38. The third kappa shape index (κ3) is 3.20. The molecule has 3 atom stereocenters. The Bertz CT molecular complexity index is 872. The van der Waals surface area contributed by atoms with Gasteiger partial charge in [-0.3, -0.25) is 4.90 Å². The van der Waals surface area contributed by atoms with Crippen LogP contribution in [0, 0.1) is 11.8 Å². The first-order chi connectivity index (χ1) is 14.4. The van der Waals surface area contributed by atoms with Gasteiger partial charge in [-0.05, 0) is 54.3 Å². The minimum atomic E-state index is -2.84. The predicted molar refractivity (Wildman–Crippen MR) is 91.1 cm³/mol. The van der Waals surface area contributed by atoms with Gasteiger partial charge in [0.05, 0.1) is 24.4 Å². The van der Waals surface area contributed by atoms with Crippen LogP contribution < -0.4 is 9.47 Å². The molecule has 3 rings (SSSR count). The highest BCUT2D eigenvalue weighted by Crippen LogP contribution is 2.43. The number of methoxy groups -OCH3 is 2. The van der Waals surface area contributed by atoms with Gasteiger partial charge in [0.15, 0.2) is 11.5 Å². The Hall–Kier alpha value is -1.26. The standard InChI is InChI=1S/C19H29NO3/c1-12(2)7-14-11-20-6-5-13-8-18(22-3)19(23-4)9-15(13)16(20)10-17(14)21/h8-9,12,14,16-17,21H,5-7,10-11H2,1-4H3/i3D3,5D2,6D2,11D2. The summed E-state index contributed by atoms with van der Waals surface area (Å²) in [5.74, 6) is -1.14. The van der Waals surface area contributed by atoms with Crippen LogP contribution in [0.5, 0.6) is 11.5 Å². The average Bonchev–Trinajstić information content (AvgIpc) is 2.61. The molecule has 2 aliphatic heterocycles. The van der Waals surface area contributed by atoms with E-state index >= 15 is 0 Å². The van der Waals surface area contributed by atoms with Gasteiger partial charge in [-0.15, -0.1) is 0 Å². The van der Waals surface area contributed by atoms with Crippen molar-refractivity contribution in [2.24, 2.45) is 11.8 Å². The van der Waals surface area contributed by atoms with E-state index in [-0.39, 0.29) is 35.0 Å². The maximum Gasteiger partial charge on any atom is 0.161 e. The average molecular weight is 328 g/mol. The molecule has 0 amide bonds. The van der Waals surface area contributed by atoms with E-state index in [1.54, 1.807) is 0 Å². The third-order valence-corrected chi connectivity index (χ3v) is 4.39. The summed E-state index contributed by atoms with van der Waals surface area (Å²) < 4.78 is 84.3. The second-order valence-electron chi connectivity index (χ2n) is 6.48. The monoisotopic (exact) mass is 328 g/mol. The SMILES string of the molecule is [2H]C([2H])([2H])Oc1cc2c(cc1OC)C1CC(O)C(CC(C)C)C([2H])([2H])N1C([2H])([2H])C2([2H])[2H]. The molecule has 0 radical (unpaired) electrons. The van der Waals surface area contributed by atoms with Crippen molar-refractivity contribution in [3.63, 3.8) is 0 Å². The number of benzene rings is 1. The van der Waals surface area contributed by atoms with Crippen molar-refractivity contribution < 1.29 is 26.9 Å². The molecule has 0 aromatic heterocycles. The molecule has 3 unspecified atom stereocenters. The van der Waals surface area contributed by atoms with Gasteiger partial charge in [-0.25, -0.2) is 0 Å². The number of aryl methyl sites for hydroxylation is 1. The third-order valence-electron chi connectivity index (χ3n) is 4.39. The molecule has 1 N–H and O–H groups in total. The molecular weight excluding hydrogens is 290 g/mol. The fourth-order valence-electron chi connectivity index (χ4n) is 3.27. The van der Waals surface area contributed by atoms with E-state index in [2.05, 4.69) is 0 Å². The Morgan fingerprint density at radius 1 is 1.39 bits per heavy atom. The summed E-state index contributed by atoms with van der Waals surface area (Å²) in [6, 6.07) is 1.47. The Balaban J connectivity index is 2.23. The number of rotatable bonds is 4. The molecule has 1 aromatic rings. The highest BCUT2D eigenvalue weighted by atomic mass is 16.5. The fourth-order valence-corrected chi connectivity index (χ4v) is 3.27. The zero-order valence-corrected chi connectivity index (χ0v) is 13.6. The molecule has 0 saturated carbocycles. The lowest BCUT2D eigenvalue weighted by Gasteiger charge is -2.46. The Kier molecular flexibility index (Phi) is 2.54. The molecule has 1 fully saturated rings.